The molecule has 1 saturated carbocycles. The molecule has 3 N–H and O–H groups in total. The number of benzene rings is 1. The lowest BCUT2D eigenvalue weighted by Crippen LogP contribution is -2.52. The van der Waals surface area contributed by atoms with E-state index in [0.29, 0.717) is 18.7 Å². The van der Waals surface area contributed by atoms with Gasteiger partial charge in [-0.1, -0.05) is 12.1 Å². The van der Waals surface area contributed by atoms with E-state index in [2.05, 4.69) is 5.32 Å². The average molecular weight is 321 g/mol. The summed E-state index contributed by atoms with van der Waals surface area (Å²) in [6, 6.07) is 5.50. The summed E-state index contributed by atoms with van der Waals surface area (Å²) < 4.78 is 18.5. The molecule has 2 fully saturated rings. The largest absolute Gasteiger partial charge is 0.367 e. The van der Waals surface area contributed by atoms with Crippen molar-refractivity contribution in [2.45, 2.75) is 31.0 Å². The Kier molecular flexibility index (Phi) is 4.58. The summed E-state index contributed by atoms with van der Waals surface area (Å²) in [7, 11) is 0. The average Bonchev–Trinajstić information content (AvgIpc) is 3.34. The van der Waals surface area contributed by atoms with Gasteiger partial charge >= 0.3 is 0 Å². The fourth-order valence-corrected chi connectivity index (χ4v) is 2.76. The normalized spacial score (nSPS) is 23.3. The molecule has 0 spiro atoms. The van der Waals surface area contributed by atoms with E-state index in [9.17, 15) is 14.0 Å². The van der Waals surface area contributed by atoms with Crippen molar-refractivity contribution in [3.8, 4) is 0 Å². The number of halogens is 1. The number of nitrogens with one attached hydrogen (secondary N) is 1. The Morgan fingerprint density at radius 1 is 1.30 bits per heavy atom. The van der Waals surface area contributed by atoms with Gasteiger partial charge < -0.3 is 15.8 Å². The summed E-state index contributed by atoms with van der Waals surface area (Å²) in [6.07, 6.45) is 1.23. The fourth-order valence-electron chi connectivity index (χ4n) is 2.76. The van der Waals surface area contributed by atoms with E-state index in [0.717, 1.165) is 12.8 Å². The molecule has 1 aromatic carbocycles. The van der Waals surface area contributed by atoms with Crippen molar-refractivity contribution in [2.24, 2.45) is 5.73 Å². The van der Waals surface area contributed by atoms with Crippen molar-refractivity contribution in [1.82, 2.24) is 10.2 Å². The molecule has 124 valence electrons. The lowest BCUT2D eigenvalue weighted by molar-refractivity contribution is -0.141. The Labute approximate surface area is 133 Å². The molecule has 0 radical (unpaired) electrons. The van der Waals surface area contributed by atoms with Crippen LogP contribution in [0.5, 0.6) is 0 Å². The molecule has 1 heterocycles. The minimum absolute atomic E-state index is 0.135. The monoisotopic (exact) mass is 321 g/mol. The third-order valence-electron chi connectivity index (χ3n) is 4.14. The molecule has 23 heavy (non-hydrogen) atoms. The summed E-state index contributed by atoms with van der Waals surface area (Å²) in [4.78, 5) is 25.9. The zero-order valence-corrected chi connectivity index (χ0v) is 12.7. The third kappa shape index (κ3) is 3.86. The molecule has 1 aliphatic heterocycles. The van der Waals surface area contributed by atoms with Crippen LogP contribution in [0.4, 0.5) is 4.39 Å². The van der Waals surface area contributed by atoms with Crippen LogP contribution in [-0.2, 0) is 14.3 Å². The number of amides is 2. The molecule has 0 unspecified atom stereocenters. The Morgan fingerprint density at radius 2 is 2.00 bits per heavy atom. The van der Waals surface area contributed by atoms with Gasteiger partial charge in [-0.05, 0) is 30.5 Å². The van der Waals surface area contributed by atoms with Gasteiger partial charge in [0.1, 0.15) is 18.0 Å². The third-order valence-corrected chi connectivity index (χ3v) is 4.14. The van der Waals surface area contributed by atoms with Crippen molar-refractivity contribution in [3.05, 3.63) is 35.6 Å². The van der Waals surface area contributed by atoms with E-state index < -0.39 is 18.1 Å². The highest BCUT2D eigenvalue weighted by atomic mass is 19.1. The molecule has 0 bridgehead atoms. The Hall–Kier alpha value is -1.99. The van der Waals surface area contributed by atoms with Gasteiger partial charge in [-0.2, -0.15) is 0 Å². The Morgan fingerprint density at radius 3 is 2.61 bits per heavy atom. The van der Waals surface area contributed by atoms with Crippen LogP contribution in [0.2, 0.25) is 0 Å². The fraction of sp³-hybridized carbons (Fsp3) is 0.500. The van der Waals surface area contributed by atoms with Gasteiger partial charge in [0.15, 0.2) is 0 Å². The van der Waals surface area contributed by atoms with Crippen LogP contribution < -0.4 is 11.1 Å². The molecule has 2 aliphatic rings. The van der Waals surface area contributed by atoms with Crippen LogP contribution in [0.25, 0.3) is 0 Å². The van der Waals surface area contributed by atoms with Crippen LogP contribution >= 0.6 is 0 Å². The number of carbonyl (C=O) groups is 2. The number of ether oxygens (including phenoxy) is 1. The number of hydrogen-bond donors (Lipinski definition) is 2. The van der Waals surface area contributed by atoms with Crippen molar-refractivity contribution < 1.29 is 18.7 Å². The first kappa shape index (κ1) is 15.9. The number of nitrogens with two attached hydrogens (primary N) is 1. The van der Waals surface area contributed by atoms with E-state index in [-0.39, 0.29) is 24.3 Å². The molecule has 1 aromatic rings. The lowest BCUT2D eigenvalue weighted by atomic mass is 10.0. The maximum Gasteiger partial charge on any atom is 0.247 e. The minimum atomic E-state index is -0.736. The number of hydrogen-bond acceptors (Lipinski definition) is 4. The van der Waals surface area contributed by atoms with Gasteiger partial charge in [0.2, 0.25) is 11.8 Å². The van der Waals surface area contributed by atoms with E-state index in [1.54, 1.807) is 12.1 Å². The van der Waals surface area contributed by atoms with Crippen molar-refractivity contribution >= 4 is 11.8 Å². The zero-order valence-electron chi connectivity index (χ0n) is 12.7. The van der Waals surface area contributed by atoms with Gasteiger partial charge in [-0.25, -0.2) is 4.39 Å². The van der Waals surface area contributed by atoms with Crippen LogP contribution in [0, 0.1) is 5.82 Å². The molecule has 1 aliphatic carbocycles. The summed E-state index contributed by atoms with van der Waals surface area (Å²) in [6.45, 7) is 1.07. The van der Waals surface area contributed by atoms with Crippen molar-refractivity contribution in [3.63, 3.8) is 0 Å². The second-order valence-electron chi connectivity index (χ2n) is 5.99. The molecule has 6 nitrogen and oxygen atoms in total. The van der Waals surface area contributed by atoms with E-state index in [4.69, 9.17) is 10.5 Å². The number of primary amides is 1. The van der Waals surface area contributed by atoms with Crippen LogP contribution in [0.3, 0.4) is 0 Å². The first-order chi connectivity index (χ1) is 11.0. The smallest absolute Gasteiger partial charge is 0.247 e. The van der Waals surface area contributed by atoms with Gasteiger partial charge in [-0.3, -0.25) is 14.5 Å². The predicted molar refractivity (Wildman–Crippen MR) is 80.8 cm³/mol. The van der Waals surface area contributed by atoms with Crippen LogP contribution in [0.1, 0.15) is 24.4 Å². The maximum absolute atomic E-state index is 13.2. The number of rotatable bonds is 5. The van der Waals surface area contributed by atoms with E-state index in [1.165, 1.54) is 12.1 Å². The van der Waals surface area contributed by atoms with E-state index >= 15 is 0 Å². The quantitative estimate of drug-likeness (QED) is 0.818. The minimum Gasteiger partial charge on any atom is -0.367 e. The molecule has 2 atom stereocenters. The Bertz CT molecular complexity index is 589. The zero-order chi connectivity index (χ0) is 16.4. The molecule has 3 rings (SSSR count). The second kappa shape index (κ2) is 6.64. The molecule has 7 heteroatoms. The SMILES string of the molecule is NC(=O)[C@@H]1CN([C@H](C(=O)NC2CC2)c2ccc(F)cc2)CCO1. The summed E-state index contributed by atoms with van der Waals surface area (Å²) >= 11 is 0. The van der Waals surface area contributed by atoms with Crippen LogP contribution in [-0.4, -0.2) is 48.6 Å². The molecular weight excluding hydrogens is 301 g/mol. The molecule has 1 saturated heterocycles. The van der Waals surface area contributed by atoms with E-state index in [1.807, 2.05) is 4.90 Å². The molecule has 0 aromatic heterocycles. The Balaban J connectivity index is 1.82. The topological polar surface area (TPSA) is 84.7 Å². The molecular formula is C16H20FN3O3. The maximum atomic E-state index is 13.2. The standard InChI is InChI=1S/C16H20FN3O3/c17-11-3-1-10(2-4-11)14(16(22)19-12-5-6-12)20-7-8-23-13(9-20)15(18)21/h1-4,12-14H,5-9H2,(H2,18,21)(H,19,22)/t13-,14-/m0/s1. The number of carbonyl (C=O) groups excluding carboxylic acids is 2. The highest BCUT2D eigenvalue weighted by Gasteiger charge is 2.36. The highest BCUT2D eigenvalue weighted by Crippen LogP contribution is 2.26. The summed E-state index contributed by atoms with van der Waals surface area (Å²) in [5.74, 6) is -1.04. The predicted octanol–water partition coefficient (Wildman–Crippen LogP) is 0.332. The van der Waals surface area contributed by atoms with Gasteiger partial charge in [0, 0.05) is 19.1 Å². The van der Waals surface area contributed by atoms with Gasteiger partial charge in [-0.15, -0.1) is 0 Å². The first-order valence-electron chi connectivity index (χ1n) is 7.75. The summed E-state index contributed by atoms with van der Waals surface area (Å²) in [5.41, 5.74) is 6.00. The lowest BCUT2D eigenvalue weighted by Gasteiger charge is -2.36. The highest BCUT2D eigenvalue weighted by molar-refractivity contribution is 5.84. The number of nitrogens with zero attached hydrogens (tertiary/aromatic N) is 1. The number of morpholine rings is 1. The molecule has 2 amide bonds. The van der Waals surface area contributed by atoms with Gasteiger partial charge in [0.05, 0.1) is 6.61 Å². The van der Waals surface area contributed by atoms with Crippen LogP contribution in [0.15, 0.2) is 24.3 Å². The van der Waals surface area contributed by atoms with Crippen molar-refractivity contribution in [1.29, 1.82) is 0 Å². The van der Waals surface area contributed by atoms with Crippen molar-refractivity contribution in [2.75, 3.05) is 19.7 Å². The van der Waals surface area contributed by atoms with Gasteiger partial charge in [0.25, 0.3) is 0 Å². The second-order valence-corrected chi connectivity index (χ2v) is 5.99. The summed E-state index contributed by atoms with van der Waals surface area (Å²) in [5, 5.41) is 2.98. The first-order valence-corrected chi connectivity index (χ1v) is 7.75.